The normalized spacial score (nSPS) is 20.0. The van der Waals surface area contributed by atoms with Crippen LogP contribution in [0.3, 0.4) is 0 Å². The Kier molecular flexibility index (Phi) is 3.95. The van der Waals surface area contributed by atoms with Crippen molar-refractivity contribution < 1.29 is 0 Å². The van der Waals surface area contributed by atoms with Gasteiger partial charge in [-0.25, -0.2) is 4.98 Å². The van der Waals surface area contributed by atoms with Gasteiger partial charge in [0.05, 0.1) is 0 Å². The van der Waals surface area contributed by atoms with Crippen molar-refractivity contribution in [2.24, 2.45) is 5.92 Å². The van der Waals surface area contributed by atoms with E-state index in [0.29, 0.717) is 17.6 Å². The Bertz CT molecular complexity index is 1100. The maximum absolute atomic E-state index is 6.21. The van der Waals surface area contributed by atoms with Crippen LogP contribution in [0.2, 0.25) is 5.28 Å². The molecule has 0 spiro atoms. The van der Waals surface area contributed by atoms with E-state index < -0.39 is 0 Å². The lowest BCUT2D eigenvalue weighted by molar-refractivity contribution is 0.693. The Labute approximate surface area is 162 Å². The van der Waals surface area contributed by atoms with Gasteiger partial charge in [-0.1, -0.05) is 85.0 Å². The molecule has 4 heteroatoms. The summed E-state index contributed by atoms with van der Waals surface area (Å²) in [6, 6.07) is 18.3. The molecular weight excluding hydrogens is 354 g/mol. The molecule has 0 radical (unpaired) electrons. The molecule has 0 aliphatic heterocycles. The molecule has 2 aromatic carbocycles. The molecule has 0 saturated heterocycles. The van der Waals surface area contributed by atoms with E-state index in [0.717, 1.165) is 11.1 Å². The minimum absolute atomic E-state index is 0.208. The van der Waals surface area contributed by atoms with Crippen molar-refractivity contribution in [3.63, 3.8) is 0 Å². The summed E-state index contributed by atoms with van der Waals surface area (Å²) >= 11 is 6.21. The molecule has 2 aliphatic rings. The fraction of sp³-hybridized carbons (Fsp3) is 0.0870. The molecular formula is C23H16ClN3. The number of benzene rings is 2. The zero-order chi connectivity index (χ0) is 18.2. The monoisotopic (exact) mass is 369 g/mol. The van der Waals surface area contributed by atoms with E-state index >= 15 is 0 Å². The van der Waals surface area contributed by atoms with Gasteiger partial charge in [0.2, 0.25) is 5.28 Å². The van der Waals surface area contributed by atoms with E-state index in [-0.39, 0.29) is 11.2 Å². The number of fused-ring (bicyclic) bond motifs is 3. The molecule has 0 fully saturated rings. The average Bonchev–Trinajstić information content (AvgIpc) is 2.73. The predicted octanol–water partition coefficient (Wildman–Crippen LogP) is 5.57. The van der Waals surface area contributed by atoms with Crippen molar-refractivity contribution in [2.75, 3.05) is 0 Å². The van der Waals surface area contributed by atoms with Crippen LogP contribution in [0.25, 0.3) is 23.0 Å². The van der Waals surface area contributed by atoms with E-state index in [2.05, 4.69) is 69.6 Å². The van der Waals surface area contributed by atoms with Crippen LogP contribution in [-0.4, -0.2) is 15.0 Å². The summed E-state index contributed by atoms with van der Waals surface area (Å²) in [5.74, 6) is 1.83. The van der Waals surface area contributed by atoms with Gasteiger partial charge in [-0.15, -0.1) is 0 Å². The minimum atomic E-state index is 0.208. The summed E-state index contributed by atoms with van der Waals surface area (Å²) in [6.07, 6.45) is 11.0. The highest BCUT2D eigenvalue weighted by Gasteiger charge is 2.26. The highest BCUT2D eigenvalue weighted by Crippen LogP contribution is 2.40. The van der Waals surface area contributed by atoms with Crippen LogP contribution in [0.5, 0.6) is 0 Å². The van der Waals surface area contributed by atoms with E-state index in [1.54, 1.807) is 0 Å². The summed E-state index contributed by atoms with van der Waals surface area (Å²) in [5, 5.41) is 0.208. The fourth-order valence-electron chi connectivity index (χ4n) is 3.70. The largest absolute Gasteiger partial charge is 0.226 e. The average molecular weight is 370 g/mol. The molecule has 0 amide bonds. The number of allylic oxidation sites excluding steroid dienone is 5. The number of hydrogen-bond acceptors (Lipinski definition) is 3. The second-order valence-corrected chi connectivity index (χ2v) is 7.03. The van der Waals surface area contributed by atoms with Crippen molar-refractivity contribution in [2.45, 2.75) is 5.92 Å². The molecule has 1 heterocycles. The van der Waals surface area contributed by atoms with E-state index in [1.807, 2.05) is 30.3 Å². The van der Waals surface area contributed by atoms with Gasteiger partial charge in [0.1, 0.15) is 0 Å². The van der Waals surface area contributed by atoms with Gasteiger partial charge >= 0.3 is 0 Å². The predicted molar refractivity (Wildman–Crippen MR) is 109 cm³/mol. The first-order valence-corrected chi connectivity index (χ1v) is 9.30. The Hall–Kier alpha value is -3.04. The highest BCUT2D eigenvalue weighted by molar-refractivity contribution is 6.28. The quantitative estimate of drug-likeness (QED) is 0.592. The van der Waals surface area contributed by atoms with Crippen molar-refractivity contribution in [1.29, 1.82) is 0 Å². The summed E-state index contributed by atoms with van der Waals surface area (Å²) < 4.78 is 0. The second kappa shape index (κ2) is 6.60. The number of rotatable bonds is 2. The molecule has 3 aromatic rings. The highest BCUT2D eigenvalue weighted by atomic mass is 35.5. The molecule has 5 rings (SSSR count). The van der Waals surface area contributed by atoms with E-state index in [1.165, 1.54) is 11.1 Å². The first-order valence-electron chi connectivity index (χ1n) is 8.92. The summed E-state index contributed by atoms with van der Waals surface area (Å²) in [4.78, 5) is 13.4. The van der Waals surface area contributed by atoms with Gasteiger partial charge in [-0.05, 0) is 22.7 Å². The van der Waals surface area contributed by atoms with Gasteiger partial charge < -0.3 is 0 Å². The molecule has 2 aliphatic carbocycles. The van der Waals surface area contributed by atoms with Gasteiger partial charge in [-0.2, -0.15) is 9.97 Å². The lowest BCUT2D eigenvalue weighted by atomic mass is 9.76. The molecule has 3 nitrogen and oxygen atoms in total. The fourth-order valence-corrected chi connectivity index (χ4v) is 3.86. The van der Waals surface area contributed by atoms with Crippen molar-refractivity contribution in [3.05, 3.63) is 101 Å². The van der Waals surface area contributed by atoms with Crippen molar-refractivity contribution in [1.82, 2.24) is 15.0 Å². The Balaban J connectivity index is 1.58. The van der Waals surface area contributed by atoms with Gasteiger partial charge in [0.25, 0.3) is 0 Å². The maximum atomic E-state index is 6.21. The second-order valence-electron chi connectivity index (χ2n) is 6.69. The topological polar surface area (TPSA) is 38.7 Å². The lowest BCUT2D eigenvalue weighted by Gasteiger charge is -2.28. The molecule has 0 saturated carbocycles. The standard InChI is InChI=1S/C23H16ClN3/c24-23-26-21(17-7-2-1-3-8-17)25-22(27-23)18-13-12-16-11-10-15-6-4-5-9-19(15)20(16)14-18/h1-14,16,20H. The Morgan fingerprint density at radius 1 is 0.741 bits per heavy atom. The van der Waals surface area contributed by atoms with Crippen LogP contribution in [0.4, 0.5) is 0 Å². The van der Waals surface area contributed by atoms with Crippen LogP contribution >= 0.6 is 11.6 Å². The number of nitrogens with zero attached hydrogens (tertiary/aromatic N) is 3. The van der Waals surface area contributed by atoms with Crippen LogP contribution < -0.4 is 0 Å². The molecule has 2 atom stereocenters. The maximum Gasteiger partial charge on any atom is 0.226 e. The van der Waals surface area contributed by atoms with Gasteiger partial charge in [-0.3, -0.25) is 0 Å². The molecule has 0 bridgehead atoms. The third-order valence-electron chi connectivity index (χ3n) is 5.02. The van der Waals surface area contributed by atoms with E-state index in [9.17, 15) is 0 Å². The Morgan fingerprint density at radius 2 is 1.48 bits per heavy atom. The molecule has 2 unspecified atom stereocenters. The number of halogens is 1. The van der Waals surface area contributed by atoms with Crippen molar-refractivity contribution >= 4 is 23.3 Å². The van der Waals surface area contributed by atoms with Crippen molar-refractivity contribution in [3.8, 4) is 11.4 Å². The Morgan fingerprint density at radius 3 is 2.37 bits per heavy atom. The molecule has 130 valence electrons. The van der Waals surface area contributed by atoms with Gasteiger partial charge in [0.15, 0.2) is 11.6 Å². The molecule has 27 heavy (non-hydrogen) atoms. The van der Waals surface area contributed by atoms with Gasteiger partial charge in [0, 0.05) is 23.0 Å². The third kappa shape index (κ3) is 3.00. The minimum Gasteiger partial charge on any atom is -0.208 e. The summed E-state index contributed by atoms with van der Waals surface area (Å²) in [6.45, 7) is 0. The number of hydrogen-bond donors (Lipinski definition) is 0. The van der Waals surface area contributed by atoms with Crippen LogP contribution in [-0.2, 0) is 0 Å². The number of aromatic nitrogens is 3. The van der Waals surface area contributed by atoms with Crippen LogP contribution in [0.15, 0.2) is 78.9 Å². The molecule has 1 aromatic heterocycles. The van der Waals surface area contributed by atoms with Crippen LogP contribution in [0, 0.1) is 5.92 Å². The smallest absolute Gasteiger partial charge is 0.208 e. The lowest BCUT2D eigenvalue weighted by Crippen LogP contribution is -2.15. The van der Waals surface area contributed by atoms with Crippen LogP contribution in [0.1, 0.15) is 22.9 Å². The zero-order valence-electron chi connectivity index (χ0n) is 14.5. The van der Waals surface area contributed by atoms with E-state index in [4.69, 9.17) is 11.6 Å². The zero-order valence-corrected chi connectivity index (χ0v) is 15.2. The molecule has 0 N–H and O–H groups in total. The first-order chi connectivity index (χ1) is 13.3. The SMILES string of the molecule is Clc1nc(C2=CC3c4ccccc4C=CC3C=C2)nc(-c2ccccc2)n1. The third-order valence-corrected chi connectivity index (χ3v) is 5.19. The summed E-state index contributed by atoms with van der Waals surface area (Å²) in [7, 11) is 0. The first kappa shape index (κ1) is 16.2. The summed E-state index contributed by atoms with van der Waals surface area (Å²) in [5.41, 5.74) is 4.49.